The van der Waals surface area contributed by atoms with Crippen LogP contribution in [0.4, 0.5) is 0 Å². The van der Waals surface area contributed by atoms with E-state index in [2.05, 4.69) is 18.8 Å². The first-order valence-corrected chi connectivity index (χ1v) is 6.39. The monoisotopic (exact) mass is 226 g/mol. The van der Waals surface area contributed by atoms with Crippen molar-refractivity contribution in [3.05, 3.63) is 0 Å². The summed E-state index contributed by atoms with van der Waals surface area (Å²) in [5.74, 6) is 6.03. The average molecular weight is 226 g/mol. The van der Waals surface area contributed by atoms with Crippen LogP contribution in [0.1, 0.15) is 58.3 Å². The minimum absolute atomic E-state index is 0.357. The Bertz CT molecular complexity index is 187. The highest BCUT2D eigenvalue weighted by Crippen LogP contribution is 2.07. The van der Waals surface area contributed by atoms with Gasteiger partial charge >= 0.3 is 0 Å². The molecule has 0 aromatic heterocycles. The molecular weight excluding hydrogens is 200 g/mol. The van der Waals surface area contributed by atoms with E-state index in [4.69, 9.17) is 9.47 Å². The Morgan fingerprint density at radius 3 is 2.00 bits per heavy atom. The molecule has 0 N–H and O–H groups in total. The van der Waals surface area contributed by atoms with Crippen LogP contribution in [0, 0.1) is 11.8 Å². The highest BCUT2D eigenvalue weighted by Gasteiger charge is 1.95. The number of unbranched alkanes of at least 4 members (excludes halogenated alkanes) is 7. The maximum Gasteiger partial charge on any atom is 0.221 e. The summed E-state index contributed by atoms with van der Waals surface area (Å²) in [4.78, 5) is 0. The third-order valence-corrected chi connectivity index (χ3v) is 2.55. The number of hydrogen-bond donors (Lipinski definition) is 0. The first kappa shape index (κ1) is 15.5. The molecule has 0 aliphatic heterocycles. The van der Waals surface area contributed by atoms with E-state index in [1.807, 2.05) is 0 Å². The van der Waals surface area contributed by atoms with E-state index >= 15 is 0 Å². The summed E-state index contributed by atoms with van der Waals surface area (Å²) >= 11 is 0. The minimum Gasteiger partial charge on any atom is -0.345 e. The van der Waals surface area contributed by atoms with Crippen molar-refractivity contribution < 1.29 is 9.47 Å². The summed E-state index contributed by atoms with van der Waals surface area (Å²) in [5, 5.41) is 0. The SMILES string of the molecule is CCCCCCCCCC#CC(OC)OC. The highest BCUT2D eigenvalue weighted by atomic mass is 16.7. The molecule has 0 unspecified atom stereocenters. The largest absolute Gasteiger partial charge is 0.345 e. The van der Waals surface area contributed by atoms with Crippen LogP contribution in [0.25, 0.3) is 0 Å². The Balaban J connectivity index is 3.25. The van der Waals surface area contributed by atoms with Crippen LogP contribution in [0.3, 0.4) is 0 Å². The zero-order valence-electron chi connectivity index (χ0n) is 11.1. The lowest BCUT2D eigenvalue weighted by atomic mass is 10.1. The Morgan fingerprint density at radius 1 is 0.875 bits per heavy atom. The van der Waals surface area contributed by atoms with Crippen molar-refractivity contribution in [2.24, 2.45) is 0 Å². The summed E-state index contributed by atoms with van der Waals surface area (Å²) in [6, 6.07) is 0. The fraction of sp³-hybridized carbons (Fsp3) is 0.857. The topological polar surface area (TPSA) is 18.5 Å². The van der Waals surface area contributed by atoms with E-state index in [1.54, 1.807) is 14.2 Å². The summed E-state index contributed by atoms with van der Waals surface area (Å²) in [5.41, 5.74) is 0. The molecule has 0 rings (SSSR count). The molecule has 0 fully saturated rings. The van der Waals surface area contributed by atoms with Gasteiger partial charge in [0.2, 0.25) is 6.29 Å². The van der Waals surface area contributed by atoms with Gasteiger partial charge in [-0.15, -0.1) is 0 Å². The first-order valence-electron chi connectivity index (χ1n) is 6.39. The Hall–Kier alpha value is -0.520. The van der Waals surface area contributed by atoms with Crippen LogP contribution < -0.4 is 0 Å². The normalized spacial score (nSPS) is 10.2. The van der Waals surface area contributed by atoms with Crippen molar-refractivity contribution >= 4 is 0 Å². The summed E-state index contributed by atoms with van der Waals surface area (Å²) in [6.07, 6.45) is 9.89. The van der Waals surface area contributed by atoms with Crippen molar-refractivity contribution in [3.8, 4) is 11.8 Å². The summed E-state index contributed by atoms with van der Waals surface area (Å²) in [7, 11) is 3.22. The fourth-order valence-electron chi connectivity index (χ4n) is 1.54. The quantitative estimate of drug-likeness (QED) is 0.339. The van der Waals surface area contributed by atoms with Crippen molar-refractivity contribution in [2.75, 3.05) is 14.2 Å². The van der Waals surface area contributed by atoms with Crippen LogP contribution in [0.2, 0.25) is 0 Å². The third-order valence-electron chi connectivity index (χ3n) is 2.55. The van der Waals surface area contributed by atoms with Crippen molar-refractivity contribution in [2.45, 2.75) is 64.6 Å². The second-order valence-corrected chi connectivity index (χ2v) is 4.00. The maximum atomic E-state index is 4.98. The molecule has 0 amide bonds. The molecule has 0 aromatic rings. The standard InChI is InChI=1S/C14H26O2/c1-4-5-6-7-8-9-10-11-12-13-14(15-2)16-3/h14H,4-11H2,1-3H3. The smallest absolute Gasteiger partial charge is 0.221 e. The van der Waals surface area contributed by atoms with E-state index < -0.39 is 0 Å². The first-order chi connectivity index (χ1) is 7.85. The Kier molecular flexibility index (Phi) is 12.1. The third kappa shape index (κ3) is 10.0. The van der Waals surface area contributed by atoms with Gasteiger partial charge < -0.3 is 9.47 Å². The number of hydrogen-bond acceptors (Lipinski definition) is 2. The molecule has 2 nitrogen and oxygen atoms in total. The van der Waals surface area contributed by atoms with Gasteiger partial charge in [-0.25, -0.2) is 0 Å². The number of rotatable bonds is 9. The Morgan fingerprint density at radius 2 is 1.44 bits per heavy atom. The van der Waals surface area contributed by atoms with Crippen molar-refractivity contribution in [1.29, 1.82) is 0 Å². The van der Waals surface area contributed by atoms with Gasteiger partial charge in [0.05, 0.1) is 0 Å². The van der Waals surface area contributed by atoms with E-state index in [0.717, 1.165) is 6.42 Å². The van der Waals surface area contributed by atoms with Crippen molar-refractivity contribution in [3.63, 3.8) is 0 Å². The lowest BCUT2D eigenvalue weighted by Gasteiger charge is -2.03. The molecule has 16 heavy (non-hydrogen) atoms. The van der Waals surface area contributed by atoms with Gasteiger partial charge in [0.1, 0.15) is 0 Å². The maximum absolute atomic E-state index is 4.98. The van der Waals surface area contributed by atoms with Gasteiger partial charge in [-0.05, 0) is 12.3 Å². The lowest BCUT2D eigenvalue weighted by molar-refractivity contribution is -0.0595. The van der Waals surface area contributed by atoms with Crippen LogP contribution >= 0.6 is 0 Å². The van der Waals surface area contributed by atoms with Gasteiger partial charge in [0.15, 0.2) is 0 Å². The zero-order valence-corrected chi connectivity index (χ0v) is 11.1. The molecule has 0 saturated heterocycles. The molecule has 0 aliphatic rings. The lowest BCUT2D eigenvalue weighted by Crippen LogP contribution is -2.09. The van der Waals surface area contributed by atoms with Crippen LogP contribution in [-0.2, 0) is 9.47 Å². The molecule has 0 spiro atoms. The molecule has 0 heterocycles. The fourth-order valence-corrected chi connectivity index (χ4v) is 1.54. The molecule has 0 aliphatic carbocycles. The van der Waals surface area contributed by atoms with E-state index in [-0.39, 0.29) is 6.29 Å². The van der Waals surface area contributed by atoms with E-state index in [0.29, 0.717) is 0 Å². The molecule has 2 heteroatoms. The van der Waals surface area contributed by atoms with Crippen LogP contribution in [-0.4, -0.2) is 20.5 Å². The molecule has 0 bridgehead atoms. The minimum atomic E-state index is -0.357. The number of ether oxygens (including phenoxy) is 2. The highest BCUT2D eigenvalue weighted by molar-refractivity contribution is 5.01. The van der Waals surface area contributed by atoms with E-state index in [9.17, 15) is 0 Å². The van der Waals surface area contributed by atoms with Crippen LogP contribution in [0.5, 0.6) is 0 Å². The van der Waals surface area contributed by atoms with Gasteiger partial charge in [0, 0.05) is 20.6 Å². The predicted octanol–water partition coefficient (Wildman–Crippen LogP) is 3.75. The summed E-state index contributed by atoms with van der Waals surface area (Å²) in [6.45, 7) is 2.25. The van der Waals surface area contributed by atoms with Gasteiger partial charge in [-0.3, -0.25) is 0 Å². The van der Waals surface area contributed by atoms with Gasteiger partial charge in [-0.1, -0.05) is 51.4 Å². The van der Waals surface area contributed by atoms with E-state index in [1.165, 1.54) is 44.9 Å². The Labute approximate surface area is 101 Å². The average Bonchev–Trinajstić information content (AvgIpc) is 2.32. The number of methoxy groups -OCH3 is 2. The summed E-state index contributed by atoms with van der Waals surface area (Å²) < 4.78 is 9.95. The van der Waals surface area contributed by atoms with Crippen molar-refractivity contribution in [1.82, 2.24) is 0 Å². The molecule has 0 radical (unpaired) electrons. The van der Waals surface area contributed by atoms with Gasteiger partial charge in [0.25, 0.3) is 0 Å². The molecule has 0 atom stereocenters. The molecule has 0 saturated carbocycles. The second kappa shape index (κ2) is 12.5. The van der Waals surface area contributed by atoms with Gasteiger partial charge in [-0.2, -0.15) is 0 Å². The molecule has 94 valence electrons. The molecule has 0 aromatic carbocycles. The molecular formula is C14H26O2. The predicted molar refractivity (Wildman–Crippen MR) is 68.2 cm³/mol. The zero-order chi connectivity index (χ0) is 12.1. The van der Waals surface area contributed by atoms with Crippen LogP contribution in [0.15, 0.2) is 0 Å². The second-order valence-electron chi connectivity index (χ2n) is 4.00.